The first-order valence-electron chi connectivity index (χ1n) is 4.00. The molecular formula is C8H14N2O2. The van der Waals surface area contributed by atoms with Crippen molar-refractivity contribution in [2.24, 2.45) is 5.41 Å². The summed E-state index contributed by atoms with van der Waals surface area (Å²) in [7, 11) is 0. The van der Waals surface area contributed by atoms with Gasteiger partial charge in [0.25, 0.3) is 0 Å². The second-order valence-corrected chi connectivity index (χ2v) is 4.02. The maximum atomic E-state index is 11.6. The summed E-state index contributed by atoms with van der Waals surface area (Å²) in [5.74, 6) is 0.0702. The first-order valence-corrected chi connectivity index (χ1v) is 4.00. The van der Waals surface area contributed by atoms with Crippen LogP contribution in [0.5, 0.6) is 0 Å². The molecule has 0 bridgehead atoms. The maximum absolute atomic E-state index is 11.6. The number of rotatable bonds is 1. The topological polar surface area (TPSA) is 58.2 Å². The predicted octanol–water partition coefficient (Wildman–Crippen LogP) is 0.283. The van der Waals surface area contributed by atoms with Gasteiger partial charge in [-0.2, -0.15) is 0 Å². The van der Waals surface area contributed by atoms with Crippen molar-refractivity contribution in [1.82, 2.24) is 10.6 Å². The average molecular weight is 170 g/mol. The van der Waals surface area contributed by atoms with Crippen molar-refractivity contribution in [3.8, 4) is 0 Å². The smallest absolute Gasteiger partial charge is 0.315 e. The minimum Gasteiger partial charge on any atom is -0.336 e. The van der Waals surface area contributed by atoms with Gasteiger partial charge in [-0.25, -0.2) is 4.79 Å². The van der Waals surface area contributed by atoms with E-state index in [-0.39, 0.29) is 23.3 Å². The zero-order chi connectivity index (χ0) is 9.35. The number of carbonyl (C=O) groups is 2. The first kappa shape index (κ1) is 9.03. The molecule has 68 valence electrons. The van der Waals surface area contributed by atoms with E-state index in [4.69, 9.17) is 0 Å². The van der Waals surface area contributed by atoms with Crippen LogP contribution in [-0.2, 0) is 4.79 Å². The van der Waals surface area contributed by atoms with Gasteiger partial charge in [0.05, 0.1) is 0 Å². The van der Waals surface area contributed by atoms with Gasteiger partial charge >= 0.3 is 6.03 Å². The molecule has 1 heterocycles. The minimum absolute atomic E-state index is 0.0702. The Hall–Kier alpha value is -1.06. The highest BCUT2D eigenvalue weighted by molar-refractivity contribution is 5.94. The summed E-state index contributed by atoms with van der Waals surface area (Å²) in [6, 6.07) is -0.602. The van der Waals surface area contributed by atoms with Crippen molar-refractivity contribution in [2.75, 3.05) is 6.54 Å². The van der Waals surface area contributed by atoms with E-state index in [9.17, 15) is 9.59 Å². The fraction of sp³-hybridized carbons (Fsp3) is 0.750. The molecule has 2 N–H and O–H groups in total. The number of urea groups is 1. The Labute approximate surface area is 71.7 Å². The zero-order valence-electron chi connectivity index (χ0n) is 7.60. The lowest BCUT2D eigenvalue weighted by molar-refractivity contribution is -0.127. The molecule has 0 unspecified atom stereocenters. The summed E-state index contributed by atoms with van der Waals surface area (Å²) in [6.07, 6.45) is 0. The van der Waals surface area contributed by atoms with Gasteiger partial charge in [0.2, 0.25) is 0 Å². The van der Waals surface area contributed by atoms with Gasteiger partial charge in [0.15, 0.2) is 5.78 Å². The molecule has 4 nitrogen and oxygen atoms in total. The molecule has 2 amide bonds. The number of Topliss-reactive ketones (excluding diaryl/α,β-unsaturated/α-hetero) is 1. The van der Waals surface area contributed by atoms with Gasteiger partial charge < -0.3 is 10.6 Å². The molecule has 0 aromatic rings. The van der Waals surface area contributed by atoms with E-state index < -0.39 is 0 Å². The molecule has 1 rings (SSSR count). The Balaban J connectivity index is 2.61. The fourth-order valence-electron chi connectivity index (χ4n) is 1.14. The maximum Gasteiger partial charge on any atom is 0.315 e. The van der Waals surface area contributed by atoms with E-state index in [1.165, 1.54) is 0 Å². The van der Waals surface area contributed by atoms with Gasteiger partial charge in [-0.15, -0.1) is 0 Å². The molecule has 4 heteroatoms. The van der Waals surface area contributed by atoms with Crippen LogP contribution in [0.15, 0.2) is 0 Å². The van der Waals surface area contributed by atoms with Crippen LogP contribution in [0.25, 0.3) is 0 Å². The van der Waals surface area contributed by atoms with Gasteiger partial charge in [-0.05, 0) is 0 Å². The molecule has 0 saturated carbocycles. The first-order chi connectivity index (χ1) is 5.41. The number of hydrogen-bond donors (Lipinski definition) is 2. The van der Waals surface area contributed by atoms with E-state index in [0.29, 0.717) is 6.54 Å². The van der Waals surface area contributed by atoms with E-state index in [2.05, 4.69) is 10.6 Å². The van der Waals surface area contributed by atoms with Gasteiger partial charge in [-0.3, -0.25) is 4.79 Å². The Morgan fingerprint density at radius 2 is 2.08 bits per heavy atom. The average Bonchev–Trinajstić information content (AvgIpc) is 2.32. The minimum atomic E-state index is -0.385. The van der Waals surface area contributed by atoms with Crippen LogP contribution in [-0.4, -0.2) is 24.4 Å². The Morgan fingerprint density at radius 1 is 1.50 bits per heavy atom. The quantitative estimate of drug-likeness (QED) is 0.594. The molecular weight excluding hydrogens is 156 g/mol. The third-order valence-corrected chi connectivity index (χ3v) is 1.83. The molecule has 0 aromatic heterocycles. The van der Waals surface area contributed by atoms with E-state index in [1.54, 1.807) is 0 Å². The standard InChI is InChI=1S/C8H14N2O2/c1-8(2,3)6(11)5-4-9-7(12)10-5/h5H,4H2,1-3H3,(H2,9,10,12)/t5-/m1/s1. The van der Waals surface area contributed by atoms with E-state index in [1.807, 2.05) is 20.8 Å². The highest BCUT2D eigenvalue weighted by Crippen LogP contribution is 2.17. The Morgan fingerprint density at radius 3 is 2.42 bits per heavy atom. The van der Waals surface area contributed by atoms with Gasteiger partial charge in [0, 0.05) is 12.0 Å². The fourth-order valence-corrected chi connectivity index (χ4v) is 1.14. The SMILES string of the molecule is CC(C)(C)C(=O)[C@H]1CNC(=O)N1. The third-order valence-electron chi connectivity index (χ3n) is 1.83. The molecule has 1 atom stereocenters. The van der Waals surface area contributed by atoms with Crippen LogP contribution < -0.4 is 10.6 Å². The monoisotopic (exact) mass is 170 g/mol. The molecule has 0 aromatic carbocycles. The summed E-state index contributed by atoms with van der Waals surface area (Å²) in [4.78, 5) is 22.3. The lowest BCUT2D eigenvalue weighted by Gasteiger charge is -2.20. The highest BCUT2D eigenvalue weighted by Gasteiger charge is 2.33. The van der Waals surface area contributed by atoms with Gasteiger partial charge in [0.1, 0.15) is 6.04 Å². The van der Waals surface area contributed by atoms with Crippen LogP contribution in [0, 0.1) is 5.41 Å². The summed E-state index contributed by atoms with van der Waals surface area (Å²) >= 11 is 0. The number of carbonyl (C=O) groups excluding carboxylic acids is 2. The third kappa shape index (κ3) is 1.75. The predicted molar refractivity (Wildman–Crippen MR) is 44.8 cm³/mol. The summed E-state index contributed by atoms with van der Waals surface area (Å²) in [6.45, 7) is 5.95. The number of nitrogens with one attached hydrogen (secondary N) is 2. The van der Waals surface area contributed by atoms with Crippen LogP contribution in [0.2, 0.25) is 0 Å². The highest BCUT2D eigenvalue weighted by atomic mass is 16.2. The Kier molecular flexibility index (Phi) is 2.08. The number of amides is 2. The van der Waals surface area contributed by atoms with Crippen LogP contribution >= 0.6 is 0 Å². The van der Waals surface area contributed by atoms with Crippen molar-refractivity contribution in [3.05, 3.63) is 0 Å². The largest absolute Gasteiger partial charge is 0.336 e. The van der Waals surface area contributed by atoms with E-state index in [0.717, 1.165) is 0 Å². The lowest BCUT2D eigenvalue weighted by Crippen LogP contribution is -2.41. The zero-order valence-corrected chi connectivity index (χ0v) is 7.60. The molecule has 0 spiro atoms. The van der Waals surface area contributed by atoms with Crippen LogP contribution in [0.3, 0.4) is 0 Å². The Bertz CT molecular complexity index is 218. The number of ketones is 1. The van der Waals surface area contributed by atoms with Crippen molar-refractivity contribution in [1.29, 1.82) is 0 Å². The molecule has 0 radical (unpaired) electrons. The van der Waals surface area contributed by atoms with Crippen molar-refractivity contribution >= 4 is 11.8 Å². The molecule has 0 aliphatic carbocycles. The summed E-state index contributed by atoms with van der Waals surface area (Å²) in [5, 5.41) is 5.11. The lowest BCUT2D eigenvalue weighted by atomic mass is 9.87. The molecule has 1 aliphatic heterocycles. The van der Waals surface area contributed by atoms with Crippen molar-refractivity contribution in [2.45, 2.75) is 26.8 Å². The molecule has 12 heavy (non-hydrogen) atoms. The molecule has 1 aliphatic rings. The normalized spacial score (nSPS) is 23.2. The van der Waals surface area contributed by atoms with Crippen LogP contribution in [0.4, 0.5) is 4.79 Å². The summed E-state index contributed by atoms with van der Waals surface area (Å²) in [5.41, 5.74) is -0.385. The summed E-state index contributed by atoms with van der Waals surface area (Å²) < 4.78 is 0. The van der Waals surface area contributed by atoms with Crippen molar-refractivity contribution < 1.29 is 9.59 Å². The second kappa shape index (κ2) is 2.77. The van der Waals surface area contributed by atoms with Crippen LogP contribution in [0.1, 0.15) is 20.8 Å². The van der Waals surface area contributed by atoms with Gasteiger partial charge in [-0.1, -0.05) is 20.8 Å². The van der Waals surface area contributed by atoms with Crippen molar-refractivity contribution in [3.63, 3.8) is 0 Å². The second-order valence-electron chi connectivity index (χ2n) is 4.02. The molecule has 1 saturated heterocycles. The number of hydrogen-bond acceptors (Lipinski definition) is 2. The van der Waals surface area contributed by atoms with E-state index >= 15 is 0 Å². The molecule has 1 fully saturated rings.